The van der Waals surface area contributed by atoms with Crippen LogP contribution in [0.3, 0.4) is 0 Å². The molecule has 0 spiro atoms. The van der Waals surface area contributed by atoms with Gasteiger partial charge in [0.2, 0.25) is 0 Å². The standard InChI is InChI=1S/C23H24N4O2/c1-4-20-19-7-5-14(2)21(22(19)29-26-20)16-6-8-18-17(11-16)12-24-25-23(18)27-9-10-28-13-15(27)3/h5-8,11-12,15H,4,9-10,13H2,1-3H3/t15-/m0/s1. The van der Waals surface area contributed by atoms with Crippen molar-refractivity contribution >= 4 is 27.6 Å². The maximum Gasteiger partial charge on any atom is 0.175 e. The highest BCUT2D eigenvalue weighted by Crippen LogP contribution is 2.36. The van der Waals surface area contributed by atoms with E-state index in [1.165, 1.54) is 5.56 Å². The molecule has 1 aliphatic rings. The lowest BCUT2D eigenvalue weighted by atomic mass is 9.96. The van der Waals surface area contributed by atoms with Crippen LogP contribution in [0.4, 0.5) is 5.82 Å². The molecule has 148 valence electrons. The van der Waals surface area contributed by atoms with Crippen LogP contribution in [0.1, 0.15) is 25.1 Å². The normalized spacial score (nSPS) is 17.3. The first-order chi connectivity index (χ1) is 14.2. The Bertz CT molecular complexity index is 1200. The number of nitrogens with zero attached hydrogens (tertiary/aromatic N) is 4. The molecule has 0 saturated carbocycles. The summed E-state index contributed by atoms with van der Waals surface area (Å²) in [6.07, 6.45) is 2.69. The zero-order chi connectivity index (χ0) is 20.0. The van der Waals surface area contributed by atoms with Crippen molar-refractivity contribution in [1.29, 1.82) is 0 Å². The van der Waals surface area contributed by atoms with Gasteiger partial charge in [-0.1, -0.05) is 24.2 Å². The van der Waals surface area contributed by atoms with Crippen LogP contribution >= 0.6 is 0 Å². The number of rotatable bonds is 3. The van der Waals surface area contributed by atoms with Crippen LogP contribution in [0.15, 0.2) is 41.1 Å². The third-order valence-corrected chi connectivity index (χ3v) is 5.83. The SMILES string of the molecule is CCc1noc2c(-c3ccc4c(N5CCOC[C@@H]5C)nncc4c3)c(C)ccc12. The third-order valence-electron chi connectivity index (χ3n) is 5.83. The fraction of sp³-hybridized carbons (Fsp3) is 0.348. The average molecular weight is 388 g/mol. The van der Waals surface area contributed by atoms with Crippen LogP contribution in [0.2, 0.25) is 0 Å². The fourth-order valence-electron chi connectivity index (χ4n) is 4.25. The Morgan fingerprint density at radius 3 is 2.86 bits per heavy atom. The Balaban J connectivity index is 1.66. The van der Waals surface area contributed by atoms with Gasteiger partial charge in [-0.3, -0.25) is 0 Å². The van der Waals surface area contributed by atoms with Crippen molar-refractivity contribution in [3.8, 4) is 11.1 Å². The molecule has 0 unspecified atom stereocenters. The summed E-state index contributed by atoms with van der Waals surface area (Å²) >= 11 is 0. The van der Waals surface area contributed by atoms with Crippen LogP contribution in [-0.4, -0.2) is 41.2 Å². The Morgan fingerprint density at radius 2 is 2.03 bits per heavy atom. The molecule has 2 aromatic carbocycles. The van der Waals surface area contributed by atoms with Crippen molar-refractivity contribution in [3.05, 3.63) is 47.8 Å². The number of anilines is 1. The van der Waals surface area contributed by atoms with Gasteiger partial charge in [0.15, 0.2) is 11.4 Å². The summed E-state index contributed by atoms with van der Waals surface area (Å²) < 4.78 is 11.3. The lowest BCUT2D eigenvalue weighted by Gasteiger charge is -2.34. The first kappa shape index (κ1) is 18.1. The molecule has 0 aliphatic carbocycles. The number of aryl methyl sites for hydroxylation is 2. The maximum absolute atomic E-state index is 5.75. The number of hydrogen-bond acceptors (Lipinski definition) is 6. The zero-order valence-corrected chi connectivity index (χ0v) is 17.0. The molecule has 0 amide bonds. The summed E-state index contributed by atoms with van der Waals surface area (Å²) in [7, 11) is 0. The molecule has 29 heavy (non-hydrogen) atoms. The highest BCUT2D eigenvalue weighted by Gasteiger charge is 2.23. The quantitative estimate of drug-likeness (QED) is 0.514. The molecule has 1 saturated heterocycles. The average Bonchev–Trinajstić information content (AvgIpc) is 3.16. The smallest absolute Gasteiger partial charge is 0.175 e. The number of aromatic nitrogens is 3. The van der Waals surface area contributed by atoms with Crippen molar-refractivity contribution in [2.24, 2.45) is 0 Å². The van der Waals surface area contributed by atoms with Crippen LogP contribution < -0.4 is 4.90 Å². The summed E-state index contributed by atoms with van der Waals surface area (Å²) in [6.45, 7) is 8.62. The second kappa shape index (κ2) is 7.12. The van der Waals surface area contributed by atoms with E-state index in [9.17, 15) is 0 Å². The largest absolute Gasteiger partial charge is 0.377 e. The number of morpholine rings is 1. The molecule has 6 nitrogen and oxygen atoms in total. The molecule has 0 N–H and O–H groups in total. The number of benzene rings is 2. The predicted molar refractivity (Wildman–Crippen MR) is 114 cm³/mol. The van der Waals surface area contributed by atoms with Crippen LogP contribution in [0.25, 0.3) is 32.9 Å². The molecular formula is C23H24N4O2. The van der Waals surface area contributed by atoms with Crippen molar-refractivity contribution in [2.75, 3.05) is 24.7 Å². The summed E-state index contributed by atoms with van der Waals surface area (Å²) in [6, 6.07) is 11.0. The van der Waals surface area contributed by atoms with Gasteiger partial charge in [0.25, 0.3) is 0 Å². The summed E-state index contributed by atoms with van der Waals surface area (Å²) in [4.78, 5) is 2.29. The van der Waals surface area contributed by atoms with E-state index in [0.717, 1.165) is 57.3 Å². The first-order valence-electron chi connectivity index (χ1n) is 10.2. The van der Waals surface area contributed by atoms with Gasteiger partial charge in [0, 0.05) is 28.3 Å². The molecule has 3 heterocycles. The van der Waals surface area contributed by atoms with Gasteiger partial charge in [-0.15, -0.1) is 5.10 Å². The Labute approximate surface area is 169 Å². The van der Waals surface area contributed by atoms with E-state index in [-0.39, 0.29) is 6.04 Å². The van der Waals surface area contributed by atoms with Gasteiger partial charge in [0.05, 0.1) is 31.1 Å². The van der Waals surface area contributed by atoms with E-state index in [4.69, 9.17) is 9.26 Å². The van der Waals surface area contributed by atoms with Crippen molar-refractivity contribution in [1.82, 2.24) is 15.4 Å². The molecule has 4 aromatic rings. The van der Waals surface area contributed by atoms with E-state index < -0.39 is 0 Å². The van der Waals surface area contributed by atoms with Gasteiger partial charge in [-0.05, 0) is 49.6 Å². The molecule has 5 rings (SSSR count). The molecule has 1 aliphatic heterocycles. The van der Waals surface area contributed by atoms with E-state index in [2.05, 4.69) is 71.4 Å². The zero-order valence-electron chi connectivity index (χ0n) is 17.0. The molecule has 1 fully saturated rings. The Kier molecular flexibility index (Phi) is 4.43. The van der Waals surface area contributed by atoms with E-state index in [1.807, 2.05) is 6.20 Å². The molecule has 2 aromatic heterocycles. The Hall–Kier alpha value is -2.99. The monoisotopic (exact) mass is 388 g/mol. The lowest BCUT2D eigenvalue weighted by molar-refractivity contribution is 0.0986. The number of fused-ring (bicyclic) bond motifs is 2. The van der Waals surface area contributed by atoms with E-state index in [1.54, 1.807) is 0 Å². The van der Waals surface area contributed by atoms with Crippen LogP contribution in [-0.2, 0) is 11.2 Å². The van der Waals surface area contributed by atoms with Crippen LogP contribution in [0, 0.1) is 6.92 Å². The topological polar surface area (TPSA) is 64.3 Å². The fourth-order valence-corrected chi connectivity index (χ4v) is 4.25. The molecule has 6 heteroatoms. The minimum atomic E-state index is 0.279. The van der Waals surface area contributed by atoms with Gasteiger partial charge in [-0.2, -0.15) is 5.10 Å². The van der Waals surface area contributed by atoms with Crippen molar-refractivity contribution < 1.29 is 9.26 Å². The van der Waals surface area contributed by atoms with Crippen molar-refractivity contribution in [2.45, 2.75) is 33.2 Å². The van der Waals surface area contributed by atoms with E-state index in [0.29, 0.717) is 13.2 Å². The summed E-state index contributed by atoms with van der Waals surface area (Å²) in [5, 5.41) is 16.3. The third kappa shape index (κ3) is 2.95. The maximum atomic E-state index is 5.75. The summed E-state index contributed by atoms with van der Waals surface area (Å²) in [5.74, 6) is 0.924. The van der Waals surface area contributed by atoms with Crippen molar-refractivity contribution in [3.63, 3.8) is 0 Å². The van der Waals surface area contributed by atoms with Gasteiger partial charge < -0.3 is 14.2 Å². The first-order valence-corrected chi connectivity index (χ1v) is 10.2. The lowest BCUT2D eigenvalue weighted by Crippen LogP contribution is -2.44. The van der Waals surface area contributed by atoms with Gasteiger partial charge in [-0.25, -0.2) is 0 Å². The number of ether oxygens (including phenoxy) is 1. The van der Waals surface area contributed by atoms with Crippen LogP contribution in [0.5, 0.6) is 0 Å². The predicted octanol–water partition coefficient (Wildman–Crippen LogP) is 4.53. The minimum Gasteiger partial charge on any atom is -0.377 e. The minimum absolute atomic E-state index is 0.279. The highest BCUT2D eigenvalue weighted by molar-refractivity contribution is 6.00. The molecule has 1 atom stereocenters. The van der Waals surface area contributed by atoms with E-state index >= 15 is 0 Å². The highest BCUT2D eigenvalue weighted by atomic mass is 16.5. The molecule has 0 bridgehead atoms. The Morgan fingerprint density at radius 1 is 1.17 bits per heavy atom. The van der Waals surface area contributed by atoms with Gasteiger partial charge in [0.1, 0.15) is 0 Å². The number of hydrogen-bond donors (Lipinski definition) is 0. The second-order valence-electron chi connectivity index (χ2n) is 7.70. The summed E-state index contributed by atoms with van der Waals surface area (Å²) in [5.41, 5.74) is 5.21. The van der Waals surface area contributed by atoms with Gasteiger partial charge >= 0.3 is 0 Å². The molecule has 0 radical (unpaired) electrons. The molecular weight excluding hydrogens is 364 g/mol. The second-order valence-corrected chi connectivity index (χ2v) is 7.70.